The summed E-state index contributed by atoms with van der Waals surface area (Å²) >= 11 is 1.36. The second kappa shape index (κ2) is 7.59. The number of rotatable bonds is 7. The number of thiophene rings is 1. The van der Waals surface area contributed by atoms with Crippen molar-refractivity contribution in [2.75, 3.05) is 13.7 Å². The molecule has 0 spiro atoms. The van der Waals surface area contributed by atoms with Crippen LogP contribution in [-0.2, 0) is 17.6 Å². The van der Waals surface area contributed by atoms with Gasteiger partial charge < -0.3 is 9.84 Å². The fourth-order valence-corrected chi connectivity index (χ4v) is 3.69. The third-order valence-electron chi connectivity index (χ3n) is 3.94. The number of aliphatic hydroxyl groups is 1. The lowest BCUT2D eigenvalue weighted by Crippen LogP contribution is -2.06. The number of methoxy groups -OCH3 is 1. The van der Waals surface area contributed by atoms with Crippen LogP contribution < -0.4 is 4.74 Å². The molecule has 0 unspecified atom stereocenters. The van der Waals surface area contributed by atoms with Crippen LogP contribution in [0.3, 0.4) is 0 Å². The number of aliphatic hydroxyl groups excluding tert-OH is 1. The monoisotopic (exact) mass is 354 g/mol. The molecule has 128 valence electrons. The van der Waals surface area contributed by atoms with Gasteiger partial charge in [0.2, 0.25) is 0 Å². The largest absolute Gasteiger partial charge is 0.497 e. The van der Waals surface area contributed by atoms with E-state index in [-0.39, 0.29) is 11.6 Å². The molecule has 0 radical (unpaired) electrons. The van der Waals surface area contributed by atoms with Gasteiger partial charge in [0.15, 0.2) is 5.78 Å². The van der Waals surface area contributed by atoms with Gasteiger partial charge in [0.05, 0.1) is 12.0 Å². The molecule has 1 heterocycles. The summed E-state index contributed by atoms with van der Waals surface area (Å²) in [5.74, 6) is 0.581. The molecule has 0 fully saturated rings. The predicted octanol–water partition coefficient (Wildman–Crippen LogP) is 3.44. The van der Waals surface area contributed by atoms with Gasteiger partial charge in [-0.25, -0.2) is 0 Å². The number of fused-ring (bicyclic) bond motifs is 1. The average molecular weight is 354 g/mol. The van der Waals surface area contributed by atoms with Crippen molar-refractivity contribution in [3.8, 4) is 5.75 Å². The average Bonchev–Trinajstić information content (AvgIpc) is 3.04. The Bertz CT molecular complexity index is 926. The van der Waals surface area contributed by atoms with Crippen molar-refractivity contribution in [2.45, 2.75) is 12.8 Å². The summed E-state index contributed by atoms with van der Waals surface area (Å²) in [6, 6.07) is 15.0. The zero-order valence-corrected chi connectivity index (χ0v) is 14.6. The Balaban J connectivity index is 1.73. The summed E-state index contributed by atoms with van der Waals surface area (Å²) in [6.07, 6.45) is 0.694. The number of benzene rings is 2. The van der Waals surface area contributed by atoms with Crippen molar-refractivity contribution in [1.29, 1.82) is 0 Å². The Labute approximate surface area is 149 Å². The highest BCUT2D eigenvalue weighted by Gasteiger charge is 2.11. The maximum atomic E-state index is 12.4. The van der Waals surface area contributed by atoms with E-state index in [4.69, 9.17) is 9.84 Å². The highest BCUT2D eigenvalue weighted by molar-refractivity contribution is 7.20. The van der Waals surface area contributed by atoms with E-state index in [0.717, 1.165) is 27.0 Å². The summed E-state index contributed by atoms with van der Waals surface area (Å²) in [5, 5.41) is 9.89. The van der Waals surface area contributed by atoms with Gasteiger partial charge in [-0.3, -0.25) is 9.59 Å². The fourth-order valence-electron chi connectivity index (χ4n) is 2.72. The predicted molar refractivity (Wildman–Crippen MR) is 98.7 cm³/mol. The van der Waals surface area contributed by atoms with Crippen molar-refractivity contribution >= 4 is 33.0 Å². The van der Waals surface area contributed by atoms with Crippen LogP contribution >= 0.6 is 11.3 Å². The third kappa shape index (κ3) is 4.13. The number of carbonyl (C=O) groups is 2. The molecule has 25 heavy (non-hydrogen) atoms. The van der Waals surface area contributed by atoms with Gasteiger partial charge in [0, 0.05) is 17.5 Å². The molecule has 3 rings (SSSR count). The third-order valence-corrected chi connectivity index (χ3v) is 5.09. The molecule has 0 aliphatic rings. The first kappa shape index (κ1) is 17.3. The molecule has 1 aromatic heterocycles. The maximum Gasteiger partial charge on any atom is 0.198 e. The van der Waals surface area contributed by atoms with Crippen LogP contribution in [0.15, 0.2) is 48.5 Å². The Hall–Kier alpha value is -2.50. The summed E-state index contributed by atoms with van der Waals surface area (Å²) in [4.78, 5) is 24.5. The molecule has 0 atom stereocenters. The van der Waals surface area contributed by atoms with E-state index in [1.54, 1.807) is 13.2 Å². The molecule has 2 aromatic carbocycles. The Kier molecular flexibility index (Phi) is 5.26. The zero-order chi connectivity index (χ0) is 17.8. The quantitative estimate of drug-likeness (QED) is 0.660. The number of carbonyl (C=O) groups excluding carboxylic acids is 2. The van der Waals surface area contributed by atoms with Crippen molar-refractivity contribution in [2.24, 2.45) is 0 Å². The smallest absolute Gasteiger partial charge is 0.198 e. The van der Waals surface area contributed by atoms with E-state index in [1.165, 1.54) is 11.3 Å². The van der Waals surface area contributed by atoms with Gasteiger partial charge in [-0.05, 0) is 46.8 Å². The normalized spacial score (nSPS) is 10.8. The van der Waals surface area contributed by atoms with E-state index < -0.39 is 6.61 Å². The highest BCUT2D eigenvalue weighted by Crippen LogP contribution is 2.27. The SMILES string of the molecule is COc1cccc(CC(=O)Cc2ccc3sc(C(=O)CO)cc3c2)c1. The van der Waals surface area contributed by atoms with Gasteiger partial charge >= 0.3 is 0 Å². The molecule has 0 saturated carbocycles. The molecule has 1 N–H and O–H groups in total. The number of hydrogen-bond acceptors (Lipinski definition) is 5. The minimum Gasteiger partial charge on any atom is -0.497 e. The lowest BCUT2D eigenvalue weighted by atomic mass is 10.0. The first-order valence-corrected chi connectivity index (χ1v) is 8.72. The maximum absolute atomic E-state index is 12.4. The van der Waals surface area contributed by atoms with Crippen LogP contribution in [0.25, 0.3) is 10.1 Å². The summed E-state index contributed by atoms with van der Waals surface area (Å²) in [7, 11) is 1.60. The first-order valence-electron chi connectivity index (χ1n) is 7.90. The Morgan fingerprint density at radius 2 is 1.80 bits per heavy atom. The summed E-state index contributed by atoms with van der Waals surface area (Å²) < 4.78 is 6.15. The lowest BCUT2D eigenvalue weighted by molar-refractivity contribution is -0.117. The van der Waals surface area contributed by atoms with Crippen molar-refractivity contribution < 1.29 is 19.4 Å². The summed E-state index contributed by atoms with van der Waals surface area (Å²) in [5.41, 5.74) is 1.85. The molecule has 4 nitrogen and oxygen atoms in total. The second-order valence-corrected chi connectivity index (χ2v) is 6.89. The zero-order valence-electron chi connectivity index (χ0n) is 13.8. The van der Waals surface area contributed by atoms with Crippen LogP contribution in [0.2, 0.25) is 0 Å². The van der Waals surface area contributed by atoms with Gasteiger partial charge in [0.1, 0.15) is 18.1 Å². The standard InChI is InChI=1S/C20H18O4S/c1-24-17-4-2-3-13(10-17)8-16(22)9-14-5-6-19-15(7-14)11-20(25-19)18(23)12-21/h2-7,10-11,21H,8-9,12H2,1H3. The van der Waals surface area contributed by atoms with Gasteiger partial charge in [-0.15, -0.1) is 11.3 Å². The molecule has 0 aliphatic heterocycles. The van der Waals surface area contributed by atoms with E-state index >= 15 is 0 Å². The summed E-state index contributed by atoms with van der Waals surface area (Å²) in [6.45, 7) is -0.487. The van der Waals surface area contributed by atoms with Crippen LogP contribution in [0.1, 0.15) is 20.8 Å². The van der Waals surface area contributed by atoms with E-state index in [1.807, 2.05) is 42.5 Å². The Morgan fingerprint density at radius 1 is 1.04 bits per heavy atom. The van der Waals surface area contributed by atoms with E-state index in [0.29, 0.717) is 17.7 Å². The molecular formula is C20H18O4S. The lowest BCUT2D eigenvalue weighted by Gasteiger charge is -2.05. The molecule has 0 bridgehead atoms. The molecule has 0 aliphatic carbocycles. The van der Waals surface area contributed by atoms with Gasteiger partial charge in [0.25, 0.3) is 0 Å². The number of Topliss-reactive ketones (excluding diaryl/α,β-unsaturated/α-hetero) is 2. The van der Waals surface area contributed by atoms with Crippen molar-refractivity contribution in [3.63, 3.8) is 0 Å². The molecular weight excluding hydrogens is 336 g/mol. The molecule has 5 heteroatoms. The topological polar surface area (TPSA) is 63.6 Å². The number of ketones is 2. The number of hydrogen-bond donors (Lipinski definition) is 1. The van der Waals surface area contributed by atoms with Gasteiger partial charge in [-0.2, -0.15) is 0 Å². The van der Waals surface area contributed by atoms with Crippen LogP contribution in [0.4, 0.5) is 0 Å². The molecule has 3 aromatic rings. The highest BCUT2D eigenvalue weighted by atomic mass is 32.1. The first-order chi connectivity index (χ1) is 12.1. The van der Waals surface area contributed by atoms with Crippen LogP contribution in [0.5, 0.6) is 5.75 Å². The van der Waals surface area contributed by atoms with E-state index in [2.05, 4.69) is 0 Å². The fraction of sp³-hybridized carbons (Fsp3) is 0.200. The van der Waals surface area contributed by atoms with Crippen LogP contribution in [-0.4, -0.2) is 30.4 Å². The second-order valence-electron chi connectivity index (χ2n) is 5.81. The minimum absolute atomic E-state index is 0.120. The van der Waals surface area contributed by atoms with Gasteiger partial charge in [-0.1, -0.05) is 18.2 Å². The van der Waals surface area contributed by atoms with Crippen LogP contribution in [0, 0.1) is 0 Å². The molecule has 0 saturated heterocycles. The van der Waals surface area contributed by atoms with Crippen molar-refractivity contribution in [3.05, 3.63) is 64.5 Å². The van der Waals surface area contributed by atoms with Crippen molar-refractivity contribution in [1.82, 2.24) is 0 Å². The minimum atomic E-state index is -0.487. The molecule has 0 amide bonds. The number of ether oxygens (including phenoxy) is 1. The Morgan fingerprint density at radius 3 is 2.52 bits per heavy atom. The van der Waals surface area contributed by atoms with E-state index in [9.17, 15) is 9.59 Å².